The Morgan fingerprint density at radius 1 is 0.667 bits per heavy atom. The minimum atomic E-state index is -0.568. The molecule has 0 fully saturated rings. The third kappa shape index (κ3) is 10.3. The fourth-order valence-corrected chi connectivity index (χ4v) is 8.96. The lowest BCUT2D eigenvalue weighted by Crippen LogP contribution is -3.13. The molecule has 0 aromatic heterocycles. The minimum absolute atomic E-state index is 0.0278. The number of carbonyl (C=O) groups is 2. The number of hydrogen-bond acceptors (Lipinski definition) is 9. The molecule has 1 N–H and O–H groups in total. The number of fused-ring (bicyclic) bond motifs is 2. The highest BCUT2D eigenvalue weighted by molar-refractivity contribution is 5.91. The fourth-order valence-electron chi connectivity index (χ4n) is 8.96. The van der Waals surface area contributed by atoms with E-state index in [2.05, 4.69) is 81.1 Å². The predicted octanol–water partition coefficient (Wildman–Crippen LogP) is 7.06. The molecule has 10 heteroatoms. The highest BCUT2D eigenvalue weighted by Gasteiger charge is 2.35. The van der Waals surface area contributed by atoms with Crippen LogP contribution < -0.4 is 23.8 Å². The number of carbonyl (C=O) groups excluding carboxylic acids is 2. The van der Waals surface area contributed by atoms with E-state index in [4.69, 9.17) is 28.4 Å². The van der Waals surface area contributed by atoms with Gasteiger partial charge in [-0.05, 0) is 128 Å². The van der Waals surface area contributed by atoms with E-state index in [0.29, 0.717) is 35.8 Å². The van der Waals surface area contributed by atoms with Gasteiger partial charge in [0.1, 0.15) is 6.04 Å². The monoisotopic (exact) mass is 819 g/mol. The molecule has 60 heavy (non-hydrogen) atoms. The van der Waals surface area contributed by atoms with Crippen LogP contribution in [0.1, 0.15) is 86.1 Å². The lowest BCUT2D eigenvalue weighted by molar-refractivity contribution is -0.928. The van der Waals surface area contributed by atoms with Crippen LogP contribution >= 0.6 is 0 Å². The molecule has 2 aliphatic rings. The maximum absolute atomic E-state index is 12.7. The minimum Gasteiger partial charge on any atom is -0.493 e. The summed E-state index contributed by atoms with van der Waals surface area (Å²) in [4.78, 5) is 29.2. The number of nitrogens with one attached hydrogen (secondary N) is 1. The first kappa shape index (κ1) is 44.2. The largest absolute Gasteiger partial charge is 0.493 e. The third-order valence-electron chi connectivity index (χ3n) is 12.4. The van der Waals surface area contributed by atoms with Gasteiger partial charge in [-0.1, -0.05) is 30.3 Å². The molecule has 320 valence electrons. The fraction of sp³-hybridized carbons (Fsp3) is 0.440. The number of rotatable bonds is 17. The Hall–Kier alpha value is -5.32. The van der Waals surface area contributed by atoms with Gasteiger partial charge in [-0.2, -0.15) is 0 Å². The Morgan fingerprint density at radius 3 is 2.00 bits per heavy atom. The molecule has 0 spiro atoms. The van der Waals surface area contributed by atoms with E-state index < -0.39 is 11.9 Å². The van der Waals surface area contributed by atoms with Crippen LogP contribution in [-0.2, 0) is 38.3 Å². The summed E-state index contributed by atoms with van der Waals surface area (Å²) in [5.41, 5.74) is 13.9. The van der Waals surface area contributed by atoms with Crippen LogP contribution in [0.3, 0.4) is 0 Å². The number of hydrogen-bond donors (Lipinski definition) is 1. The number of benzene rings is 4. The van der Waals surface area contributed by atoms with Crippen molar-refractivity contribution in [3.05, 3.63) is 128 Å². The number of methoxy groups -OCH3 is 4. The number of aryl methyl sites for hydroxylation is 5. The lowest BCUT2D eigenvalue weighted by Gasteiger charge is -2.38. The van der Waals surface area contributed by atoms with Gasteiger partial charge < -0.3 is 33.3 Å². The molecule has 0 aliphatic carbocycles. The van der Waals surface area contributed by atoms with Crippen molar-refractivity contribution in [3.63, 3.8) is 0 Å². The van der Waals surface area contributed by atoms with Gasteiger partial charge in [0.05, 0.1) is 54.7 Å². The molecule has 0 saturated carbocycles. The molecule has 0 amide bonds. The van der Waals surface area contributed by atoms with Gasteiger partial charge in [0.2, 0.25) is 0 Å². The van der Waals surface area contributed by atoms with Gasteiger partial charge >= 0.3 is 11.9 Å². The molecule has 3 atom stereocenters. The van der Waals surface area contributed by atoms with Gasteiger partial charge in [0.15, 0.2) is 23.0 Å². The van der Waals surface area contributed by atoms with Gasteiger partial charge in [0, 0.05) is 55.3 Å². The van der Waals surface area contributed by atoms with Crippen LogP contribution in [0, 0.1) is 34.6 Å². The molecule has 2 aliphatic heterocycles. The van der Waals surface area contributed by atoms with E-state index in [1.807, 2.05) is 13.0 Å². The summed E-state index contributed by atoms with van der Waals surface area (Å²) in [5.74, 6) is 1.65. The van der Waals surface area contributed by atoms with Crippen LogP contribution in [0.2, 0.25) is 0 Å². The highest BCUT2D eigenvalue weighted by Crippen LogP contribution is 2.40. The number of nitrogens with zero attached hydrogens (tertiary/aromatic N) is 1. The molecule has 2 heterocycles. The third-order valence-corrected chi connectivity index (χ3v) is 12.4. The van der Waals surface area contributed by atoms with E-state index >= 15 is 0 Å². The normalized spacial score (nSPS) is 17.4. The topological polar surface area (TPSA) is 97.2 Å². The molecule has 0 bridgehead atoms. The first-order valence-corrected chi connectivity index (χ1v) is 21.2. The summed E-state index contributed by atoms with van der Waals surface area (Å²) in [6, 6.07) is 20.1. The average molecular weight is 820 g/mol. The zero-order chi connectivity index (χ0) is 42.9. The first-order chi connectivity index (χ1) is 28.9. The smallest absolute Gasteiger partial charge is 0.331 e. The molecule has 6 rings (SSSR count). The Labute approximate surface area is 356 Å². The Morgan fingerprint density at radius 2 is 1.32 bits per heavy atom. The van der Waals surface area contributed by atoms with E-state index in [-0.39, 0.29) is 25.3 Å². The van der Waals surface area contributed by atoms with Crippen molar-refractivity contribution < 1.29 is 42.9 Å². The van der Waals surface area contributed by atoms with Crippen molar-refractivity contribution in [2.45, 2.75) is 78.8 Å². The second-order valence-corrected chi connectivity index (χ2v) is 16.3. The molecule has 0 saturated heterocycles. The van der Waals surface area contributed by atoms with Gasteiger partial charge in [-0.25, -0.2) is 9.59 Å². The summed E-state index contributed by atoms with van der Waals surface area (Å²) in [6.45, 7) is 14.6. The van der Waals surface area contributed by atoms with Crippen molar-refractivity contribution in [2.75, 3.05) is 67.8 Å². The average Bonchev–Trinajstić information content (AvgIpc) is 3.24. The van der Waals surface area contributed by atoms with E-state index in [0.717, 1.165) is 74.3 Å². The molecule has 0 radical (unpaired) electrons. The van der Waals surface area contributed by atoms with Crippen LogP contribution in [0.5, 0.6) is 23.0 Å². The van der Waals surface area contributed by atoms with Gasteiger partial charge in [0.25, 0.3) is 0 Å². The molecular weight excluding hydrogens is 757 g/mol. The second kappa shape index (κ2) is 20.3. The zero-order valence-corrected chi connectivity index (χ0v) is 37.0. The highest BCUT2D eigenvalue weighted by atomic mass is 16.5. The van der Waals surface area contributed by atoms with Crippen molar-refractivity contribution in [1.29, 1.82) is 0 Å². The maximum Gasteiger partial charge on any atom is 0.331 e. The zero-order valence-electron chi connectivity index (χ0n) is 37.0. The standard InChI is InChI=1S/C50H62N2O8/c1-32-12-13-37(24-33(32)2)28-43-41-27-35(4)34(3)25-38(41)16-20-51(43)18-10-22-59-47(53)14-15-48(54)60-23-11-19-52-21-17-39-29-44(55-6)45(56-7)31-42(39)49(52)40-26-36(5)50(58-9)46(30-40)57-8/h12-15,24-27,29-31,43,49H,10-11,16-23,28H2,1-9H3/p+1/b15-14-/t43-,49-/m1/s1. The lowest BCUT2D eigenvalue weighted by atomic mass is 9.85. The van der Waals surface area contributed by atoms with Gasteiger partial charge in [-0.3, -0.25) is 4.90 Å². The maximum atomic E-state index is 12.7. The second-order valence-electron chi connectivity index (χ2n) is 16.3. The molecule has 10 nitrogen and oxygen atoms in total. The van der Waals surface area contributed by atoms with Crippen molar-refractivity contribution in [2.24, 2.45) is 0 Å². The van der Waals surface area contributed by atoms with Crippen LogP contribution in [-0.4, -0.2) is 84.7 Å². The van der Waals surface area contributed by atoms with E-state index in [1.54, 1.807) is 28.4 Å². The predicted molar refractivity (Wildman–Crippen MR) is 234 cm³/mol. The van der Waals surface area contributed by atoms with Gasteiger partial charge in [-0.15, -0.1) is 0 Å². The number of esters is 2. The van der Waals surface area contributed by atoms with Crippen LogP contribution in [0.4, 0.5) is 0 Å². The summed E-state index contributed by atoms with van der Waals surface area (Å²) < 4.78 is 33.8. The summed E-state index contributed by atoms with van der Waals surface area (Å²) in [5, 5.41) is 0. The number of quaternary nitrogens is 1. The Bertz CT molecular complexity index is 2200. The number of ether oxygens (including phenoxy) is 6. The van der Waals surface area contributed by atoms with Crippen LogP contribution in [0.25, 0.3) is 0 Å². The summed E-state index contributed by atoms with van der Waals surface area (Å²) >= 11 is 0. The first-order valence-electron chi connectivity index (χ1n) is 21.2. The van der Waals surface area contributed by atoms with Crippen molar-refractivity contribution in [3.8, 4) is 23.0 Å². The van der Waals surface area contributed by atoms with Crippen molar-refractivity contribution >= 4 is 11.9 Å². The molecule has 4 aromatic rings. The van der Waals surface area contributed by atoms with Crippen molar-refractivity contribution in [1.82, 2.24) is 4.90 Å². The summed E-state index contributed by atoms with van der Waals surface area (Å²) in [6.07, 6.45) is 6.44. The molecule has 4 aromatic carbocycles. The SMILES string of the molecule is COc1cc2c(cc1OC)[C@@H](c1cc(C)c(OC)c(OC)c1)[NH+](CCCOC(=O)/C=C\C(=O)OCCCN1CCc3cc(C)c(C)cc3[C@H]1Cc1ccc(C)c(C)c1)CC2. The summed E-state index contributed by atoms with van der Waals surface area (Å²) in [7, 11) is 6.60. The van der Waals surface area contributed by atoms with Crippen LogP contribution in [0.15, 0.2) is 66.7 Å². The molecular formula is C50H63N2O8+. The van der Waals surface area contributed by atoms with E-state index in [9.17, 15) is 9.59 Å². The van der Waals surface area contributed by atoms with E-state index in [1.165, 1.54) is 49.4 Å². The Balaban J connectivity index is 1.01. The molecule has 1 unspecified atom stereocenters. The Kier molecular flexibility index (Phi) is 15.0. The quantitative estimate of drug-likeness (QED) is 0.0683.